The van der Waals surface area contributed by atoms with Gasteiger partial charge in [0.05, 0.1) is 0 Å². The highest BCUT2D eigenvalue weighted by Gasteiger charge is 2.49. The lowest BCUT2D eigenvalue weighted by Gasteiger charge is -2.25. The van der Waals surface area contributed by atoms with Crippen molar-refractivity contribution in [1.82, 2.24) is 0 Å². The molecule has 2 aliphatic rings. The van der Waals surface area contributed by atoms with Crippen molar-refractivity contribution in [3.8, 4) is 0 Å². The first-order valence-electron chi connectivity index (χ1n) is 4.55. The van der Waals surface area contributed by atoms with Crippen molar-refractivity contribution in [2.75, 3.05) is 0 Å². The van der Waals surface area contributed by atoms with Gasteiger partial charge in [-0.15, -0.1) is 0 Å². The predicted molar refractivity (Wildman–Crippen MR) is 46.5 cm³/mol. The largest absolute Gasteiger partial charge is 0.506 e. The SMILES string of the molecule is O=C(O)O[C@@H]1C2C=CC(C2)[C@H]1OC(=O)O. The lowest BCUT2D eigenvalue weighted by molar-refractivity contribution is -0.0440. The number of hydrogen-bond donors (Lipinski definition) is 2. The Balaban J connectivity index is 2.09. The van der Waals surface area contributed by atoms with Crippen LogP contribution in [0.25, 0.3) is 0 Å². The van der Waals surface area contributed by atoms with Gasteiger partial charge < -0.3 is 19.7 Å². The topological polar surface area (TPSA) is 93.1 Å². The Bertz CT molecular complexity index is 293. The van der Waals surface area contributed by atoms with E-state index in [-0.39, 0.29) is 11.8 Å². The van der Waals surface area contributed by atoms with Crippen molar-refractivity contribution in [2.45, 2.75) is 18.6 Å². The summed E-state index contributed by atoms with van der Waals surface area (Å²) in [6, 6.07) is 0. The van der Waals surface area contributed by atoms with Crippen molar-refractivity contribution < 1.29 is 29.3 Å². The van der Waals surface area contributed by atoms with Crippen LogP contribution >= 0.6 is 0 Å². The molecule has 0 aromatic heterocycles. The fourth-order valence-corrected chi connectivity index (χ4v) is 2.27. The second-order valence-corrected chi connectivity index (χ2v) is 3.65. The molecule has 15 heavy (non-hydrogen) atoms. The van der Waals surface area contributed by atoms with E-state index in [2.05, 4.69) is 9.47 Å². The summed E-state index contributed by atoms with van der Waals surface area (Å²) in [6.45, 7) is 0. The molecule has 0 saturated heterocycles. The molecule has 82 valence electrons. The summed E-state index contributed by atoms with van der Waals surface area (Å²) in [7, 11) is 0. The van der Waals surface area contributed by atoms with E-state index in [1.165, 1.54) is 0 Å². The van der Waals surface area contributed by atoms with Crippen LogP contribution in [0.15, 0.2) is 12.2 Å². The van der Waals surface area contributed by atoms with Crippen LogP contribution in [0.1, 0.15) is 6.42 Å². The number of fused-ring (bicyclic) bond motifs is 2. The van der Waals surface area contributed by atoms with E-state index in [4.69, 9.17) is 10.2 Å². The van der Waals surface area contributed by atoms with Gasteiger partial charge in [0, 0.05) is 11.8 Å². The first-order valence-corrected chi connectivity index (χ1v) is 4.55. The van der Waals surface area contributed by atoms with E-state index in [0.717, 1.165) is 0 Å². The molecule has 2 aliphatic carbocycles. The molecule has 2 unspecified atom stereocenters. The molecule has 2 bridgehead atoms. The molecule has 2 rings (SSSR count). The molecule has 0 amide bonds. The number of carboxylic acid groups (broad SMARTS) is 2. The number of hydrogen-bond acceptors (Lipinski definition) is 4. The molecule has 4 atom stereocenters. The lowest BCUT2D eigenvalue weighted by atomic mass is 10.0. The predicted octanol–water partition coefficient (Wildman–Crippen LogP) is 1.32. The Hall–Kier alpha value is -1.72. The molecule has 6 heteroatoms. The van der Waals surface area contributed by atoms with Gasteiger partial charge in [-0.3, -0.25) is 0 Å². The van der Waals surface area contributed by atoms with Gasteiger partial charge in [-0.25, -0.2) is 9.59 Å². The van der Waals surface area contributed by atoms with Crippen LogP contribution in [0.5, 0.6) is 0 Å². The normalized spacial score (nSPS) is 36.5. The molecule has 0 aliphatic heterocycles. The van der Waals surface area contributed by atoms with E-state index in [1.54, 1.807) is 0 Å². The van der Waals surface area contributed by atoms with Crippen LogP contribution in [0.4, 0.5) is 9.59 Å². The average molecular weight is 214 g/mol. The minimum atomic E-state index is -1.40. The number of carbonyl (C=O) groups is 2. The summed E-state index contributed by atoms with van der Waals surface area (Å²) < 4.78 is 9.27. The Kier molecular flexibility index (Phi) is 2.26. The van der Waals surface area contributed by atoms with Crippen LogP contribution in [0.3, 0.4) is 0 Å². The quantitative estimate of drug-likeness (QED) is 0.531. The van der Waals surface area contributed by atoms with Gasteiger partial charge >= 0.3 is 12.3 Å². The molecule has 0 aromatic rings. The van der Waals surface area contributed by atoms with Crippen LogP contribution in [-0.2, 0) is 9.47 Å². The molecule has 1 fully saturated rings. The van der Waals surface area contributed by atoms with Crippen molar-refractivity contribution in [3.63, 3.8) is 0 Å². The van der Waals surface area contributed by atoms with Gasteiger partial charge in [0.25, 0.3) is 0 Å². The molecule has 0 heterocycles. The summed E-state index contributed by atoms with van der Waals surface area (Å²) in [5, 5.41) is 17.0. The van der Waals surface area contributed by atoms with Gasteiger partial charge in [0.2, 0.25) is 0 Å². The summed E-state index contributed by atoms with van der Waals surface area (Å²) >= 11 is 0. The zero-order valence-corrected chi connectivity index (χ0v) is 7.70. The van der Waals surface area contributed by atoms with Gasteiger partial charge in [-0.05, 0) is 6.42 Å². The Morgan fingerprint density at radius 2 is 1.40 bits per heavy atom. The Morgan fingerprint density at radius 3 is 1.73 bits per heavy atom. The van der Waals surface area contributed by atoms with Crippen LogP contribution in [0, 0.1) is 11.8 Å². The second-order valence-electron chi connectivity index (χ2n) is 3.65. The van der Waals surface area contributed by atoms with E-state index < -0.39 is 24.5 Å². The Labute approximate surface area is 85.1 Å². The van der Waals surface area contributed by atoms with E-state index in [0.29, 0.717) is 6.42 Å². The second kappa shape index (κ2) is 3.45. The molecule has 0 spiro atoms. The fourth-order valence-electron chi connectivity index (χ4n) is 2.27. The van der Waals surface area contributed by atoms with Gasteiger partial charge in [0.1, 0.15) is 12.2 Å². The van der Waals surface area contributed by atoms with Gasteiger partial charge in [0.15, 0.2) is 0 Å². The molecule has 0 radical (unpaired) electrons. The highest BCUT2D eigenvalue weighted by Crippen LogP contribution is 2.42. The molecule has 6 nitrogen and oxygen atoms in total. The minimum absolute atomic E-state index is 0.0598. The fraction of sp³-hybridized carbons (Fsp3) is 0.556. The summed E-state index contributed by atoms with van der Waals surface area (Å²) in [6.07, 6.45) is 0.178. The average Bonchev–Trinajstić information content (AvgIpc) is 2.67. The van der Waals surface area contributed by atoms with Crippen LogP contribution < -0.4 is 0 Å². The highest BCUT2D eigenvalue weighted by molar-refractivity contribution is 5.59. The van der Waals surface area contributed by atoms with Gasteiger partial charge in [-0.1, -0.05) is 12.2 Å². The Morgan fingerprint density at radius 1 is 1.00 bits per heavy atom. The maximum atomic E-state index is 10.4. The highest BCUT2D eigenvalue weighted by atomic mass is 16.7. The maximum Gasteiger partial charge on any atom is 0.506 e. The zero-order chi connectivity index (χ0) is 11.0. The van der Waals surface area contributed by atoms with Crippen LogP contribution in [-0.4, -0.2) is 34.7 Å². The summed E-state index contributed by atoms with van der Waals surface area (Å²) in [4.78, 5) is 20.8. The van der Waals surface area contributed by atoms with E-state index in [9.17, 15) is 9.59 Å². The minimum Gasteiger partial charge on any atom is -0.450 e. The molecule has 1 saturated carbocycles. The molecule has 0 aromatic carbocycles. The van der Waals surface area contributed by atoms with E-state index in [1.807, 2.05) is 12.2 Å². The number of rotatable bonds is 2. The van der Waals surface area contributed by atoms with Crippen molar-refractivity contribution in [1.29, 1.82) is 0 Å². The van der Waals surface area contributed by atoms with Crippen molar-refractivity contribution in [3.05, 3.63) is 12.2 Å². The monoisotopic (exact) mass is 214 g/mol. The lowest BCUT2D eigenvalue weighted by Crippen LogP contribution is -2.37. The number of ether oxygens (including phenoxy) is 2. The van der Waals surface area contributed by atoms with Crippen LogP contribution in [0.2, 0.25) is 0 Å². The standard InChI is InChI=1S/C9H10O6/c10-8(11)14-6-4-1-2-5(3-4)7(6)15-9(12)13/h1-2,4-7H,3H2,(H,10,11)(H,12,13)/t4?,5?,6-,7-/m1/s1. The smallest absolute Gasteiger partial charge is 0.450 e. The van der Waals surface area contributed by atoms with Crippen molar-refractivity contribution >= 4 is 12.3 Å². The third-order valence-corrected chi connectivity index (χ3v) is 2.79. The van der Waals surface area contributed by atoms with Gasteiger partial charge in [-0.2, -0.15) is 0 Å². The van der Waals surface area contributed by atoms with Crippen molar-refractivity contribution in [2.24, 2.45) is 11.8 Å². The molecule has 2 N–H and O–H groups in total. The summed E-state index contributed by atoms with van der Waals surface area (Å²) in [5.74, 6) is -0.120. The van der Waals surface area contributed by atoms with E-state index >= 15 is 0 Å². The zero-order valence-electron chi connectivity index (χ0n) is 7.70. The summed E-state index contributed by atoms with van der Waals surface area (Å²) in [5.41, 5.74) is 0. The third-order valence-electron chi connectivity index (χ3n) is 2.79. The maximum absolute atomic E-state index is 10.4. The third kappa shape index (κ3) is 1.74. The first-order chi connectivity index (χ1) is 7.08. The first kappa shape index (κ1) is 9.82. The molecular weight excluding hydrogens is 204 g/mol. The molecular formula is C9H10O6.